The molecule has 0 radical (unpaired) electrons. The van der Waals surface area contributed by atoms with Gasteiger partial charge in [0.2, 0.25) is 5.91 Å². The summed E-state index contributed by atoms with van der Waals surface area (Å²) in [6, 6.07) is 16.0. The minimum atomic E-state index is -0.142. The zero-order chi connectivity index (χ0) is 16.9. The highest BCUT2D eigenvalue weighted by atomic mass is 35.5. The normalized spacial score (nSPS) is 20.1. The SMILES string of the molecule is CCc1ccc(C2NNCC2C(=O)NCc2cccc(Cl)c2)cc1. The first-order valence-corrected chi connectivity index (χ1v) is 8.64. The Morgan fingerprint density at radius 1 is 1.21 bits per heavy atom. The van der Waals surface area contributed by atoms with Gasteiger partial charge in [-0.3, -0.25) is 10.2 Å². The topological polar surface area (TPSA) is 53.2 Å². The van der Waals surface area contributed by atoms with Gasteiger partial charge >= 0.3 is 0 Å². The van der Waals surface area contributed by atoms with Gasteiger partial charge in [0, 0.05) is 18.1 Å². The molecule has 0 aliphatic carbocycles. The lowest BCUT2D eigenvalue weighted by atomic mass is 9.93. The molecule has 5 heteroatoms. The van der Waals surface area contributed by atoms with E-state index in [0.29, 0.717) is 18.1 Å². The van der Waals surface area contributed by atoms with E-state index in [0.717, 1.165) is 17.5 Å². The van der Waals surface area contributed by atoms with Crippen LogP contribution in [0.4, 0.5) is 0 Å². The van der Waals surface area contributed by atoms with Gasteiger partial charge in [0.05, 0.1) is 12.0 Å². The summed E-state index contributed by atoms with van der Waals surface area (Å²) in [5, 5.41) is 3.69. The number of hydrogen-bond donors (Lipinski definition) is 3. The van der Waals surface area contributed by atoms with E-state index >= 15 is 0 Å². The van der Waals surface area contributed by atoms with Crippen LogP contribution in [0.5, 0.6) is 0 Å². The van der Waals surface area contributed by atoms with Gasteiger partial charge in [0.25, 0.3) is 0 Å². The van der Waals surface area contributed by atoms with E-state index in [9.17, 15) is 4.79 Å². The molecule has 0 spiro atoms. The van der Waals surface area contributed by atoms with Gasteiger partial charge in [0.1, 0.15) is 0 Å². The zero-order valence-electron chi connectivity index (χ0n) is 13.7. The third-order valence-electron chi connectivity index (χ3n) is 4.42. The minimum Gasteiger partial charge on any atom is -0.352 e. The molecule has 126 valence electrons. The molecule has 1 fully saturated rings. The van der Waals surface area contributed by atoms with Gasteiger partial charge in [-0.1, -0.05) is 54.9 Å². The van der Waals surface area contributed by atoms with Crippen LogP contribution in [0.2, 0.25) is 5.02 Å². The number of halogens is 1. The molecule has 2 unspecified atom stereocenters. The van der Waals surface area contributed by atoms with Gasteiger partial charge in [-0.05, 0) is 35.2 Å². The van der Waals surface area contributed by atoms with Crippen LogP contribution >= 0.6 is 11.6 Å². The number of benzene rings is 2. The van der Waals surface area contributed by atoms with Crippen LogP contribution in [0.15, 0.2) is 48.5 Å². The lowest BCUT2D eigenvalue weighted by Crippen LogP contribution is -2.34. The Kier molecular flexibility index (Phi) is 5.51. The van der Waals surface area contributed by atoms with E-state index in [1.165, 1.54) is 5.56 Å². The Labute approximate surface area is 147 Å². The van der Waals surface area contributed by atoms with Crippen LogP contribution in [0.25, 0.3) is 0 Å². The second kappa shape index (κ2) is 7.79. The highest BCUT2D eigenvalue weighted by molar-refractivity contribution is 6.30. The quantitative estimate of drug-likeness (QED) is 0.782. The number of amides is 1. The highest BCUT2D eigenvalue weighted by Gasteiger charge is 2.33. The van der Waals surface area contributed by atoms with Crippen molar-refractivity contribution in [2.75, 3.05) is 6.54 Å². The summed E-state index contributed by atoms with van der Waals surface area (Å²) in [4.78, 5) is 12.6. The molecule has 3 rings (SSSR count). The molecule has 3 N–H and O–H groups in total. The summed E-state index contributed by atoms with van der Waals surface area (Å²) < 4.78 is 0. The Hall–Kier alpha value is -1.88. The van der Waals surface area contributed by atoms with Gasteiger partial charge in [-0.15, -0.1) is 0 Å². The number of hydrogen-bond acceptors (Lipinski definition) is 3. The summed E-state index contributed by atoms with van der Waals surface area (Å²) in [5.74, 6) is -0.103. The Morgan fingerprint density at radius 2 is 2.00 bits per heavy atom. The van der Waals surface area contributed by atoms with Crippen molar-refractivity contribution in [3.63, 3.8) is 0 Å². The molecule has 2 aromatic rings. The first-order valence-electron chi connectivity index (χ1n) is 8.26. The number of carbonyl (C=O) groups excluding carboxylic acids is 1. The molecule has 1 saturated heterocycles. The van der Waals surface area contributed by atoms with Crippen molar-refractivity contribution in [3.05, 3.63) is 70.2 Å². The van der Waals surface area contributed by atoms with Crippen molar-refractivity contribution in [3.8, 4) is 0 Å². The third kappa shape index (κ3) is 3.96. The summed E-state index contributed by atoms with van der Waals surface area (Å²) in [5.41, 5.74) is 9.74. The Bertz CT molecular complexity index is 702. The van der Waals surface area contributed by atoms with Gasteiger partial charge in [0.15, 0.2) is 0 Å². The van der Waals surface area contributed by atoms with E-state index in [4.69, 9.17) is 11.6 Å². The van der Waals surface area contributed by atoms with Gasteiger partial charge < -0.3 is 5.32 Å². The smallest absolute Gasteiger partial charge is 0.226 e. The zero-order valence-corrected chi connectivity index (χ0v) is 14.4. The molecule has 0 aromatic heterocycles. The standard InChI is InChI=1S/C19H22ClN3O/c1-2-13-6-8-15(9-7-13)18-17(12-22-23-18)19(24)21-11-14-4-3-5-16(20)10-14/h3-10,17-18,22-23H,2,11-12H2,1H3,(H,21,24). The van der Waals surface area contributed by atoms with Crippen molar-refractivity contribution in [1.29, 1.82) is 0 Å². The summed E-state index contributed by atoms with van der Waals surface area (Å²) in [6.45, 7) is 3.23. The van der Waals surface area contributed by atoms with Crippen molar-refractivity contribution in [2.45, 2.75) is 25.9 Å². The second-order valence-electron chi connectivity index (χ2n) is 6.05. The largest absolute Gasteiger partial charge is 0.352 e. The monoisotopic (exact) mass is 343 g/mol. The first-order chi connectivity index (χ1) is 11.7. The number of hydrazine groups is 1. The molecule has 2 atom stereocenters. The molecular weight excluding hydrogens is 322 g/mol. The second-order valence-corrected chi connectivity index (χ2v) is 6.49. The van der Waals surface area contributed by atoms with Crippen LogP contribution in [-0.4, -0.2) is 12.5 Å². The lowest BCUT2D eigenvalue weighted by Gasteiger charge is -2.19. The molecule has 0 saturated carbocycles. The summed E-state index contributed by atoms with van der Waals surface area (Å²) in [7, 11) is 0. The number of rotatable bonds is 5. The van der Waals surface area contributed by atoms with E-state index in [2.05, 4.69) is 47.4 Å². The maximum Gasteiger partial charge on any atom is 0.226 e. The fraction of sp³-hybridized carbons (Fsp3) is 0.316. The fourth-order valence-electron chi connectivity index (χ4n) is 2.98. The van der Waals surface area contributed by atoms with Crippen molar-refractivity contribution in [1.82, 2.24) is 16.2 Å². The molecule has 0 bridgehead atoms. The van der Waals surface area contributed by atoms with E-state index in [-0.39, 0.29) is 17.9 Å². The van der Waals surface area contributed by atoms with Crippen molar-refractivity contribution >= 4 is 17.5 Å². The van der Waals surface area contributed by atoms with Crippen molar-refractivity contribution in [2.24, 2.45) is 5.92 Å². The fourth-order valence-corrected chi connectivity index (χ4v) is 3.20. The van der Waals surface area contributed by atoms with Crippen LogP contribution in [0.1, 0.15) is 29.7 Å². The molecule has 1 heterocycles. The average molecular weight is 344 g/mol. The predicted octanol–water partition coefficient (Wildman–Crippen LogP) is 2.98. The maximum absolute atomic E-state index is 12.6. The molecule has 1 amide bonds. The number of carbonyl (C=O) groups is 1. The Morgan fingerprint density at radius 3 is 2.71 bits per heavy atom. The number of aryl methyl sites for hydroxylation is 1. The number of nitrogens with one attached hydrogen (secondary N) is 3. The average Bonchev–Trinajstić information content (AvgIpc) is 3.09. The molecular formula is C19H22ClN3O. The molecule has 4 nitrogen and oxygen atoms in total. The first kappa shape index (κ1) is 17.0. The molecule has 1 aliphatic rings. The van der Waals surface area contributed by atoms with E-state index in [1.807, 2.05) is 24.3 Å². The van der Waals surface area contributed by atoms with E-state index < -0.39 is 0 Å². The lowest BCUT2D eigenvalue weighted by molar-refractivity contribution is -0.125. The molecule has 2 aromatic carbocycles. The molecule has 24 heavy (non-hydrogen) atoms. The third-order valence-corrected chi connectivity index (χ3v) is 4.66. The molecule has 1 aliphatic heterocycles. The van der Waals surface area contributed by atoms with Gasteiger partial charge in [-0.2, -0.15) is 0 Å². The van der Waals surface area contributed by atoms with Crippen LogP contribution < -0.4 is 16.2 Å². The van der Waals surface area contributed by atoms with Crippen molar-refractivity contribution < 1.29 is 4.79 Å². The maximum atomic E-state index is 12.6. The van der Waals surface area contributed by atoms with Crippen LogP contribution in [0, 0.1) is 5.92 Å². The summed E-state index contributed by atoms with van der Waals surface area (Å²) in [6.07, 6.45) is 1.01. The van der Waals surface area contributed by atoms with Crippen LogP contribution in [0.3, 0.4) is 0 Å². The Balaban J connectivity index is 1.64. The summed E-state index contributed by atoms with van der Waals surface area (Å²) >= 11 is 5.98. The van der Waals surface area contributed by atoms with Gasteiger partial charge in [-0.25, -0.2) is 5.43 Å². The van der Waals surface area contributed by atoms with E-state index in [1.54, 1.807) is 0 Å². The predicted molar refractivity (Wildman–Crippen MR) is 96.5 cm³/mol. The van der Waals surface area contributed by atoms with Crippen LogP contribution in [-0.2, 0) is 17.8 Å². The highest BCUT2D eigenvalue weighted by Crippen LogP contribution is 2.25. The minimum absolute atomic E-state index is 0.0183.